The van der Waals surface area contributed by atoms with Crippen molar-refractivity contribution in [3.63, 3.8) is 0 Å². The third-order valence-electron chi connectivity index (χ3n) is 5.07. The molecule has 0 radical (unpaired) electrons. The second kappa shape index (κ2) is 7.82. The zero-order valence-electron chi connectivity index (χ0n) is 15.4. The fourth-order valence-electron chi connectivity index (χ4n) is 3.71. The topological polar surface area (TPSA) is 87.2 Å². The van der Waals surface area contributed by atoms with Crippen LogP contribution in [0, 0.1) is 0 Å². The first kappa shape index (κ1) is 18.2. The van der Waals surface area contributed by atoms with E-state index in [0.717, 1.165) is 30.7 Å². The van der Waals surface area contributed by atoms with E-state index in [9.17, 15) is 14.4 Å². The molecule has 0 aliphatic carbocycles. The number of carbonyl (C=O) groups is 1. The molecule has 1 aromatic heterocycles. The molecule has 4 rings (SSSR count). The molecule has 2 aromatic carbocycles. The Morgan fingerprint density at radius 2 is 1.75 bits per heavy atom. The van der Waals surface area contributed by atoms with E-state index in [2.05, 4.69) is 27.4 Å². The monoisotopic (exact) mass is 378 g/mol. The third-order valence-corrected chi connectivity index (χ3v) is 5.07. The zero-order valence-corrected chi connectivity index (χ0v) is 15.4. The second-order valence-electron chi connectivity index (χ2n) is 7.15. The van der Waals surface area contributed by atoms with E-state index in [1.807, 2.05) is 18.2 Å². The number of amides is 1. The number of likely N-dealkylation sites (tertiary alicyclic amines) is 1. The molecule has 28 heavy (non-hydrogen) atoms. The van der Waals surface area contributed by atoms with Crippen molar-refractivity contribution in [2.45, 2.75) is 25.6 Å². The summed E-state index contributed by atoms with van der Waals surface area (Å²) in [7, 11) is 0. The summed E-state index contributed by atoms with van der Waals surface area (Å²) in [6.45, 7) is 2.33. The standard InChI is InChI=1S/C21H22N4O3/c26-19(14-25-21(28)18-9-5-4-8-17(18)20(27)23-25)22-16-10-11-24(13-16)12-15-6-2-1-3-7-15/h1-9,16H,10-14H2,(H,22,26)(H,23,27)/t16-/m1/s1. The molecule has 1 aliphatic rings. The van der Waals surface area contributed by atoms with Gasteiger partial charge >= 0.3 is 0 Å². The second-order valence-corrected chi connectivity index (χ2v) is 7.15. The summed E-state index contributed by atoms with van der Waals surface area (Å²) in [6.07, 6.45) is 0.863. The van der Waals surface area contributed by atoms with Gasteiger partial charge in [-0.25, -0.2) is 4.68 Å². The quantitative estimate of drug-likeness (QED) is 0.696. The highest BCUT2D eigenvalue weighted by molar-refractivity contribution is 5.81. The fraction of sp³-hybridized carbons (Fsp3) is 0.286. The van der Waals surface area contributed by atoms with Crippen LogP contribution in [0.2, 0.25) is 0 Å². The van der Waals surface area contributed by atoms with Gasteiger partial charge < -0.3 is 5.32 Å². The van der Waals surface area contributed by atoms with Crippen LogP contribution < -0.4 is 16.4 Å². The van der Waals surface area contributed by atoms with Crippen molar-refractivity contribution in [1.82, 2.24) is 20.0 Å². The number of carbonyl (C=O) groups excluding carboxylic acids is 1. The average Bonchev–Trinajstić information content (AvgIpc) is 3.13. The van der Waals surface area contributed by atoms with Gasteiger partial charge in [0.15, 0.2) is 0 Å². The first-order valence-corrected chi connectivity index (χ1v) is 9.37. The molecule has 7 heteroatoms. The fourth-order valence-corrected chi connectivity index (χ4v) is 3.71. The van der Waals surface area contributed by atoms with Crippen LogP contribution in [0.1, 0.15) is 12.0 Å². The zero-order chi connectivity index (χ0) is 19.5. The molecule has 7 nitrogen and oxygen atoms in total. The summed E-state index contributed by atoms with van der Waals surface area (Å²) in [4.78, 5) is 39.4. The highest BCUT2D eigenvalue weighted by atomic mass is 16.2. The van der Waals surface area contributed by atoms with Gasteiger partial charge in [0.05, 0.1) is 10.8 Å². The average molecular weight is 378 g/mol. The van der Waals surface area contributed by atoms with Crippen LogP contribution in [0.25, 0.3) is 10.8 Å². The van der Waals surface area contributed by atoms with Gasteiger partial charge in [-0.05, 0) is 24.1 Å². The van der Waals surface area contributed by atoms with Gasteiger partial charge in [-0.1, -0.05) is 42.5 Å². The smallest absolute Gasteiger partial charge is 0.273 e. The number of hydrogen-bond donors (Lipinski definition) is 2. The minimum Gasteiger partial charge on any atom is -0.350 e. The molecule has 0 saturated carbocycles. The Morgan fingerprint density at radius 1 is 1.04 bits per heavy atom. The lowest BCUT2D eigenvalue weighted by Crippen LogP contribution is -2.42. The summed E-state index contributed by atoms with van der Waals surface area (Å²) in [5.74, 6) is -0.278. The van der Waals surface area contributed by atoms with E-state index >= 15 is 0 Å². The maximum absolute atomic E-state index is 12.5. The van der Waals surface area contributed by atoms with E-state index in [0.29, 0.717) is 10.8 Å². The molecule has 1 amide bonds. The van der Waals surface area contributed by atoms with Crippen molar-refractivity contribution in [2.75, 3.05) is 13.1 Å². The Balaban J connectivity index is 1.39. The number of aromatic amines is 1. The Labute approximate surface area is 161 Å². The molecular formula is C21H22N4O3. The molecule has 3 aromatic rings. The minimum atomic E-state index is -0.377. The molecule has 1 saturated heterocycles. The normalized spacial score (nSPS) is 17.1. The van der Waals surface area contributed by atoms with Gasteiger partial charge in [0.1, 0.15) is 6.54 Å². The molecule has 1 fully saturated rings. The van der Waals surface area contributed by atoms with Crippen LogP contribution in [0.3, 0.4) is 0 Å². The van der Waals surface area contributed by atoms with Gasteiger partial charge in [0.2, 0.25) is 5.91 Å². The highest BCUT2D eigenvalue weighted by Gasteiger charge is 2.24. The Hall–Kier alpha value is -3.19. The van der Waals surface area contributed by atoms with Crippen LogP contribution in [0.4, 0.5) is 0 Å². The van der Waals surface area contributed by atoms with E-state index in [-0.39, 0.29) is 29.6 Å². The van der Waals surface area contributed by atoms with Crippen molar-refractivity contribution in [1.29, 1.82) is 0 Å². The Kier molecular flexibility index (Phi) is 5.08. The van der Waals surface area contributed by atoms with Crippen LogP contribution in [0.15, 0.2) is 64.2 Å². The van der Waals surface area contributed by atoms with Crippen molar-refractivity contribution < 1.29 is 4.79 Å². The number of fused-ring (bicyclic) bond motifs is 1. The maximum Gasteiger partial charge on any atom is 0.273 e. The SMILES string of the molecule is O=C(Cn1[nH]c(=O)c2ccccc2c1=O)N[C@@H]1CCN(Cc2ccccc2)C1. The number of hydrogen-bond acceptors (Lipinski definition) is 4. The van der Waals surface area contributed by atoms with Crippen molar-refractivity contribution in [2.24, 2.45) is 0 Å². The van der Waals surface area contributed by atoms with Gasteiger partial charge in [-0.15, -0.1) is 0 Å². The summed E-state index contributed by atoms with van der Waals surface area (Å²) >= 11 is 0. The van der Waals surface area contributed by atoms with E-state index in [4.69, 9.17) is 0 Å². The Bertz CT molecular complexity index is 1100. The maximum atomic E-state index is 12.5. The van der Waals surface area contributed by atoms with E-state index in [1.54, 1.807) is 24.3 Å². The van der Waals surface area contributed by atoms with Crippen molar-refractivity contribution in [3.05, 3.63) is 80.9 Å². The number of aromatic nitrogens is 2. The lowest BCUT2D eigenvalue weighted by atomic mass is 10.2. The molecular weight excluding hydrogens is 356 g/mol. The first-order valence-electron chi connectivity index (χ1n) is 9.37. The van der Waals surface area contributed by atoms with Gasteiger partial charge in [-0.3, -0.25) is 24.4 Å². The molecule has 0 spiro atoms. The van der Waals surface area contributed by atoms with Crippen molar-refractivity contribution >= 4 is 16.7 Å². The van der Waals surface area contributed by atoms with Crippen LogP contribution in [-0.4, -0.2) is 39.7 Å². The lowest BCUT2D eigenvalue weighted by Gasteiger charge is -2.17. The lowest BCUT2D eigenvalue weighted by molar-refractivity contribution is -0.122. The third kappa shape index (κ3) is 3.89. The summed E-state index contributed by atoms with van der Waals surface area (Å²) in [5, 5.41) is 6.11. The largest absolute Gasteiger partial charge is 0.350 e. The molecule has 0 unspecified atom stereocenters. The van der Waals surface area contributed by atoms with Crippen LogP contribution >= 0.6 is 0 Å². The first-order chi connectivity index (χ1) is 13.6. The minimum absolute atomic E-state index is 0.0408. The molecule has 1 atom stereocenters. The predicted molar refractivity (Wildman–Crippen MR) is 107 cm³/mol. The predicted octanol–water partition coefficient (Wildman–Crippen LogP) is 1.08. The van der Waals surface area contributed by atoms with Crippen LogP contribution in [0.5, 0.6) is 0 Å². The highest BCUT2D eigenvalue weighted by Crippen LogP contribution is 2.13. The molecule has 1 aliphatic heterocycles. The summed E-state index contributed by atoms with van der Waals surface area (Å²) < 4.78 is 1.08. The summed E-state index contributed by atoms with van der Waals surface area (Å²) in [5.41, 5.74) is 0.496. The van der Waals surface area contributed by atoms with Gasteiger partial charge in [0, 0.05) is 25.7 Å². The number of rotatable bonds is 5. The number of nitrogens with zero attached hydrogens (tertiary/aromatic N) is 2. The Morgan fingerprint density at radius 3 is 2.54 bits per heavy atom. The van der Waals surface area contributed by atoms with Crippen molar-refractivity contribution in [3.8, 4) is 0 Å². The molecule has 144 valence electrons. The van der Waals surface area contributed by atoms with Crippen LogP contribution in [-0.2, 0) is 17.9 Å². The van der Waals surface area contributed by atoms with Gasteiger partial charge in [0.25, 0.3) is 11.1 Å². The van der Waals surface area contributed by atoms with Gasteiger partial charge in [-0.2, -0.15) is 0 Å². The number of nitrogens with one attached hydrogen (secondary N) is 2. The summed E-state index contributed by atoms with van der Waals surface area (Å²) in [6, 6.07) is 16.9. The molecule has 2 N–H and O–H groups in total. The van der Waals surface area contributed by atoms with E-state index in [1.165, 1.54) is 5.56 Å². The number of benzene rings is 2. The molecule has 0 bridgehead atoms. The molecule has 2 heterocycles. The van der Waals surface area contributed by atoms with E-state index < -0.39 is 0 Å². The number of H-pyrrole nitrogens is 1.